The molecule has 2 rings (SSSR count). The molecular formula is C22H26Cl2O2. The molecule has 0 saturated carbocycles. The molecule has 2 aromatic carbocycles. The maximum absolute atomic E-state index is 6.19. The summed E-state index contributed by atoms with van der Waals surface area (Å²) in [5.74, 6) is 1.61. The monoisotopic (exact) mass is 392 g/mol. The number of rotatable bonds is 4. The Kier molecular flexibility index (Phi) is 6.31. The molecule has 0 heterocycles. The molecule has 0 fully saturated rings. The molecule has 0 aromatic heterocycles. The van der Waals surface area contributed by atoms with Gasteiger partial charge in [-0.3, -0.25) is 0 Å². The minimum atomic E-state index is -0.243. The highest BCUT2D eigenvalue weighted by Gasteiger charge is 2.15. The minimum Gasteiger partial charge on any atom is -0.488 e. The van der Waals surface area contributed by atoms with Gasteiger partial charge in [-0.05, 0) is 76.9 Å². The molecule has 2 nitrogen and oxygen atoms in total. The van der Waals surface area contributed by atoms with Crippen molar-refractivity contribution >= 4 is 28.8 Å². The molecule has 0 saturated heterocycles. The van der Waals surface area contributed by atoms with Gasteiger partial charge in [-0.25, -0.2) is 0 Å². The molecule has 2 aromatic rings. The second-order valence-corrected chi connectivity index (χ2v) is 9.06. The molecule has 0 aliphatic rings. The Morgan fingerprint density at radius 3 is 1.15 bits per heavy atom. The van der Waals surface area contributed by atoms with Gasteiger partial charge in [0.1, 0.15) is 27.2 Å². The third kappa shape index (κ3) is 6.26. The summed E-state index contributed by atoms with van der Waals surface area (Å²) in [5.41, 5.74) is 2.14. The SMILES string of the molecule is CC(C)(C)Oc1ccc(C(=C(Cl)Cl)c2ccc(OC(C)(C)C)cc2)cc1. The van der Waals surface area contributed by atoms with Crippen molar-refractivity contribution in [3.63, 3.8) is 0 Å². The highest BCUT2D eigenvalue weighted by Crippen LogP contribution is 2.33. The van der Waals surface area contributed by atoms with E-state index in [1.165, 1.54) is 0 Å². The average molecular weight is 393 g/mol. The fourth-order valence-corrected chi connectivity index (χ4v) is 2.91. The zero-order chi connectivity index (χ0) is 19.5. The second kappa shape index (κ2) is 7.94. The van der Waals surface area contributed by atoms with E-state index in [0.717, 1.165) is 28.2 Å². The summed E-state index contributed by atoms with van der Waals surface area (Å²) in [6.07, 6.45) is 0. The van der Waals surface area contributed by atoms with E-state index in [1.54, 1.807) is 0 Å². The van der Waals surface area contributed by atoms with Crippen LogP contribution in [0.4, 0.5) is 0 Å². The number of benzene rings is 2. The van der Waals surface area contributed by atoms with Gasteiger partial charge in [0.05, 0.1) is 0 Å². The van der Waals surface area contributed by atoms with Crippen molar-refractivity contribution in [2.45, 2.75) is 52.7 Å². The minimum absolute atomic E-state index is 0.221. The average Bonchev–Trinajstić information content (AvgIpc) is 2.47. The maximum atomic E-state index is 6.19. The second-order valence-electron chi connectivity index (χ2n) is 8.11. The maximum Gasteiger partial charge on any atom is 0.120 e. The molecule has 0 atom stereocenters. The smallest absolute Gasteiger partial charge is 0.120 e. The topological polar surface area (TPSA) is 18.5 Å². The van der Waals surface area contributed by atoms with Crippen LogP contribution in [-0.4, -0.2) is 11.2 Å². The zero-order valence-electron chi connectivity index (χ0n) is 16.2. The van der Waals surface area contributed by atoms with Crippen molar-refractivity contribution in [2.75, 3.05) is 0 Å². The summed E-state index contributed by atoms with van der Waals surface area (Å²) in [7, 11) is 0. The van der Waals surface area contributed by atoms with Crippen LogP contribution in [0.15, 0.2) is 53.0 Å². The highest BCUT2D eigenvalue weighted by atomic mass is 35.5. The first-order valence-corrected chi connectivity index (χ1v) is 9.34. The van der Waals surface area contributed by atoms with E-state index < -0.39 is 0 Å². The van der Waals surface area contributed by atoms with Gasteiger partial charge in [0.25, 0.3) is 0 Å². The summed E-state index contributed by atoms with van der Waals surface area (Å²) in [5, 5.41) is 0. The van der Waals surface area contributed by atoms with Crippen LogP contribution in [0.1, 0.15) is 52.7 Å². The first kappa shape index (κ1) is 20.7. The van der Waals surface area contributed by atoms with Crippen molar-refractivity contribution in [1.29, 1.82) is 0 Å². The Hall–Kier alpha value is -1.64. The lowest BCUT2D eigenvalue weighted by Crippen LogP contribution is -2.22. The first-order valence-electron chi connectivity index (χ1n) is 8.59. The third-order valence-electron chi connectivity index (χ3n) is 3.32. The van der Waals surface area contributed by atoms with Crippen LogP contribution in [0.3, 0.4) is 0 Å². The quantitative estimate of drug-likeness (QED) is 0.545. The molecule has 4 heteroatoms. The Morgan fingerprint density at radius 2 is 0.923 bits per heavy atom. The van der Waals surface area contributed by atoms with Gasteiger partial charge < -0.3 is 9.47 Å². The van der Waals surface area contributed by atoms with Crippen LogP contribution in [0.2, 0.25) is 0 Å². The summed E-state index contributed by atoms with van der Waals surface area (Å²) in [4.78, 5) is 0. The Labute approximate surface area is 166 Å². The summed E-state index contributed by atoms with van der Waals surface area (Å²) in [6.45, 7) is 12.1. The van der Waals surface area contributed by atoms with Gasteiger partial charge in [-0.2, -0.15) is 0 Å². The van der Waals surface area contributed by atoms with Gasteiger partial charge in [0.15, 0.2) is 0 Å². The Morgan fingerprint density at radius 1 is 0.615 bits per heavy atom. The number of hydrogen-bond donors (Lipinski definition) is 0. The standard InChI is InChI=1S/C22H26Cl2O2/c1-21(2,3)25-17-11-7-15(8-12-17)19(20(23)24)16-9-13-18(14-10-16)26-22(4,5)6/h7-14H,1-6H3. The molecule has 0 N–H and O–H groups in total. The molecule has 0 radical (unpaired) electrons. The van der Waals surface area contributed by atoms with Crippen LogP contribution >= 0.6 is 23.2 Å². The zero-order valence-corrected chi connectivity index (χ0v) is 17.7. The van der Waals surface area contributed by atoms with Crippen molar-refractivity contribution in [3.05, 3.63) is 64.1 Å². The van der Waals surface area contributed by atoms with E-state index in [1.807, 2.05) is 90.1 Å². The Bertz CT molecular complexity index is 696. The van der Waals surface area contributed by atoms with Crippen molar-refractivity contribution < 1.29 is 9.47 Å². The van der Waals surface area contributed by atoms with E-state index in [-0.39, 0.29) is 15.7 Å². The van der Waals surface area contributed by atoms with Gasteiger partial charge in [-0.1, -0.05) is 47.5 Å². The molecular weight excluding hydrogens is 367 g/mol. The van der Waals surface area contributed by atoms with Gasteiger partial charge in [0.2, 0.25) is 0 Å². The van der Waals surface area contributed by atoms with Crippen LogP contribution in [0.5, 0.6) is 11.5 Å². The lowest BCUT2D eigenvalue weighted by atomic mass is 9.99. The molecule has 0 bridgehead atoms. The molecule has 0 unspecified atom stereocenters. The van der Waals surface area contributed by atoms with Crippen LogP contribution in [-0.2, 0) is 0 Å². The third-order valence-corrected chi connectivity index (χ3v) is 3.70. The fourth-order valence-electron chi connectivity index (χ4n) is 2.47. The Balaban J connectivity index is 2.29. The van der Waals surface area contributed by atoms with Gasteiger partial charge in [0, 0.05) is 5.57 Å². The molecule has 0 amide bonds. The van der Waals surface area contributed by atoms with Crippen LogP contribution in [0, 0.1) is 0 Å². The van der Waals surface area contributed by atoms with Crippen molar-refractivity contribution in [1.82, 2.24) is 0 Å². The molecule has 0 aliphatic carbocycles. The van der Waals surface area contributed by atoms with E-state index >= 15 is 0 Å². The molecule has 140 valence electrons. The first-order chi connectivity index (χ1) is 11.9. The van der Waals surface area contributed by atoms with E-state index in [9.17, 15) is 0 Å². The lowest BCUT2D eigenvalue weighted by Gasteiger charge is -2.22. The van der Waals surface area contributed by atoms with E-state index in [0.29, 0.717) is 0 Å². The summed E-state index contributed by atoms with van der Waals surface area (Å²) < 4.78 is 12.0. The molecule has 0 spiro atoms. The highest BCUT2D eigenvalue weighted by molar-refractivity contribution is 6.59. The predicted molar refractivity (Wildman–Crippen MR) is 111 cm³/mol. The number of hydrogen-bond acceptors (Lipinski definition) is 2. The van der Waals surface area contributed by atoms with Crippen molar-refractivity contribution in [2.24, 2.45) is 0 Å². The number of ether oxygens (including phenoxy) is 2. The normalized spacial score (nSPS) is 11.8. The van der Waals surface area contributed by atoms with Gasteiger partial charge >= 0.3 is 0 Å². The largest absolute Gasteiger partial charge is 0.488 e. The molecule has 0 aliphatic heterocycles. The van der Waals surface area contributed by atoms with Crippen LogP contribution in [0.25, 0.3) is 5.57 Å². The van der Waals surface area contributed by atoms with Gasteiger partial charge in [-0.15, -0.1) is 0 Å². The summed E-state index contributed by atoms with van der Waals surface area (Å²) in [6, 6.07) is 15.5. The van der Waals surface area contributed by atoms with Crippen LogP contribution < -0.4 is 9.47 Å². The van der Waals surface area contributed by atoms with Crippen molar-refractivity contribution in [3.8, 4) is 11.5 Å². The fraction of sp³-hybridized carbons (Fsp3) is 0.364. The van der Waals surface area contributed by atoms with E-state index in [2.05, 4.69) is 0 Å². The number of halogens is 2. The van der Waals surface area contributed by atoms with E-state index in [4.69, 9.17) is 32.7 Å². The summed E-state index contributed by atoms with van der Waals surface area (Å²) >= 11 is 12.4. The lowest BCUT2D eigenvalue weighted by molar-refractivity contribution is 0.130. The molecule has 26 heavy (non-hydrogen) atoms. The predicted octanol–water partition coefficient (Wildman–Crippen LogP) is 7.24.